The van der Waals surface area contributed by atoms with Crippen LogP contribution in [0.5, 0.6) is 11.5 Å². The van der Waals surface area contributed by atoms with Crippen LogP contribution in [0.25, 0.3) is 0 Å². The number of nitrogens with one attached hydrogen (secondary N) is 2. The molecule has 0 spiro atoms. The van der Waals surface area contributed by atoms with Gasteiger partial charge in [0, 0.05) is 25.6 Å². The van der Waals surface area contributed by atoms with Crippen molar-refractivity contribution in [2.75, 3.05) is 11.9 Å². The van der Waals surface area contributed by atoms with Gasteiger partial charge in [-0.3, -0.25) is 9.59 Å². The van der Waals surface area contributed by atoms with Crippen LogP contribution in [0.3, 0.4) is 0 Å². The maximum absolute atomic E-state index is 11.9. The molecule has 0 aliphatic rings. The molecule has 0 aliphatic carbocycles. The third-order valence-corrected chi connectivity index (χ3v) is 3.57. The second-order valence-corrected chi connectivity index (χ2v) is 5.78. The van der Waals surface area contributed by atoms with Crippen molar-refractivity contribution >= 4 is 17.5 Å². The molecular weight excluding hydrogens is 316 g/mol. The lowest BCUT2D eigenvalue weighted by Crippen LogP contribution is -2.20. The van der Waals surface area contributed by atoms with Gasteiger partial charge in [-0.15, -0.1) is 0 Å². The molecule has 2 aromatic carbocycles. The molecule has 5 nitrogen and oxygen atoms in total. The van der Waals surface area contributed by atoms with Crippen LogP contribution in [0.15, 0.2) is 54.6 Å². The molecule has 0 unspecified atom stereocenters. The lowest BCUT2D eigenvalue weighted by atomic mass is 10.2. The van der Waals surface area contributed by atoms with Crippen LogP contribution in [0.1, 0.15) is 32.6 Å². The predicted molar refractivity (Wildman–Crippen MR) is 98.7 cm³/mol. The van der Waals surface area contributed by atoms with Crippen molar-refractivity contribution in [2.45, 2.75) is 32.6 Å². The number of ether oxygens (including phenoxy) is 1. The second kappa shape index (κ2) is 10.1. The van der Waals surface area contributed by atoms with Crippen molar-refractivity contribution in [3.05, 3.63) is 54.6 Å². The van der Waals surface area contributed by atoms with Crippen molar-refractivity contribution in [3.63, 3.8) is 0 Å². The van der Waals surface area contributed by atoms with Crippen molar-refractivity contribution in [1.29, 1.82) is 0 Å². The Balaban J connectivity index is 1.68. The van der Waals surface area contributed by atoms with E-state index in [0.29, 0.717) is 13.0 Å². The van der Waals surface area contributed by atoms with E-state index in [1.807, 2.05) is 54.6 Å². The first-order valence-electron chi connectivity index (χ1n) is 8.51. The van der Waals surface area contributed by atoms with Gasteiger partial charge in [-0.05, 0) is 49.2 Å². The van der Waals surface area contributed by atoms with Gasteiger partial charge in [0.1, 0.15) is 11.5 Å². The third-order valence-electron chi connectivity index (χ3n) is 3.57. The van der Waals surface area contributed by atoms with Gasteiger partial charge in [-0.2, -0.15) is 0 Å². The summed E-state index contributed by atoms with van der Waals surface area (Å²) in [5.41, 5.74) is 0.753. The molecule has 2 N–H and O–H groups in total. The number of anilines is 1. The fraction of sp³-hybridized carbons (Fsp3) is 0.300. The molecule has 132 valence electrons. The summed E-state index contributed by atoms with van der Waals surface area (Å²) in [5, 5.41) is 5.62. The topological polar surface area (TPSA) is 67.4 Å². The van der Waals surface area contributed by atoms with E-state index in [9.17, 15) is 9.59 Å². The normalized spacial score (nSPS) is 10.1. The number of rotatable bonds is 9. The number of para-hydroxylation sites is 1. The van der Waals surface area contributed by atoms with Gasteiger partial charge in [0.2, 0.25) is 11.8 Å². The Morgan fingerprint density at radius 2 is 1.56 bits per heavy atom. The minimum atomic E-state index is -0.0163. The molecule has 0 atom stereocenters. The van der Waals surface area contributed by atoms with Gasteiger partial charge < -0.3 is 15.4 Å². The smallest absolute Gasteiger partial charge is 0.224 e. The quantitative estimate of drug-likeness (QED) is 0.675. The van der Waals surface area contributed by atoms with Crippen LogP contribution in [0, 0.1) is 0 Å². The van der Waals surface area contributed by atoms with Crippen molar-refractivity contribution in [3.8, 4) is 11.5 Å². The first-order chi connectivity index (χ1) is 12.1. The van der Waals surface area contributed by atoms with Crippen molar-refractivity contribution < 1.29 is 14.3 Å². The molecule has 0 radical (unpaired) electrons. The molecular formula is C20H24N2O3. The summed E-state index contributed by atoms with van der Waals surface area (Å²) >= 11 is 0. The summed E-state index contributed by atoms with van der Waals surface area (Å²) < 4.78 is 5.71. The van der Waals surface area contributed by atoms with Crippen molar-refractivity contribution in [1.82, 2.24) is 5.32 Å². The fourth-order valence-electron chi connectivity index (χ4n) is 2.31. The number of benzene rings is 2. The van der Waals surface area contributed by atoms with Crippen LogP contribution in [0.4, 0.5) is 5.69 Å². The summed E-state index contributed by atoms with van der Waals surface area (Å²) in [6.07, 6.45) is 3.08. The van der Waals surface area contributed by atoms with Gasteiger partial charge in [-0.25, -0.2) is 0 Å². The molecule has 5 heteroatoms. The average Bonchev–Trinajstić information content (AvgIpc) is 2.60. The molecule has 0 saturated heterocycles. The van der Waals surface area contributed by atoms with Gasteiger partial charge in [0.15, 0.2) is 0 Å². The Morgan fingerprint density at radius 1 is 0.880 bits per heavy atom. The molecule has 2 amide bonds. The summed E-state index contributed by atoms with van der Waals surface area (Å²) in [6.45, 7) is 2.17. The van der Waals surface area contributed by atoms with E-state index < -0.39 is 0 Å². The highest BCUT2D eigenvalue weighted by molar-refractivity contribution is 5.90. The van der Waals surface area contributed by atoms with Gasteiger partial charge in [0.25, 0.3) is 0 Å². The van der Waals surface area contributed by atoms with Crippen molar-refractivity contribution in [2.24, 2.45) is 0 Å². The molecule has 2 rings (SSSR count). The first kappa shape index (κ1) is 18.5. The third kappa shape index (κ3) is 7.52. The maximum atomic E-state index is 11.9. The molecule has 25 heavy (non-hydrogen) atoms. The Labute approximate surface area is 148 Å². The number of amides is 2. The Morgan fingerprint density at radius 3 is 2.24 bits per heavy atom. The minimum Gasteiger partial charge on any atom is -0.457 e. The first-order valence-corrected chi connectivity index (χ1v) is 8.51. The number of carbonyl (C=O) groups excluding carboxylic acids is 2. The summed E-state index contributed by atoms with van der Waals surface area (Å²) in [6, 6.07) is 16.9. The highest BCUT2D eigenvalue weighted by atomic mass is 16.5. The molecule has 0 bridgehead atoms. The molecule has 0 fully saturated rings. The Bertz CT molecular complexity index is 669. The highest BCUT2D eigenvalue weighted by Crippen LogP contribution is 2.22. The zero-order chi connectivity index (χ0) is 17.9. The SMILES string of the molecule is CC(=O)NCCCCCC(=O)Nc1ccc(Oc2ccccc2)cc1. The van der Waals surface area contributed by atoms with E-state index in [1.54, 1.807) is 0 Å². The highest BCUT2D eigenvalue weighted by Gasteiger charge is 2.03. The van der Waals surface area contributed by atoms with E-state index in [2.05, 4.69) is 10.6 Å². The zero-order valence-electron chi connectivity index (χ0n) is 14.5. The number of hydrogen-bond donors (Lipinski definition) is 2. The summed E-state index contributed by atoms with van der Waals surface area (Å²) in [7, 11) is 0. The Kier molecular flexibility index (Phi) is 7.50. The lowest BCUT2D eigenvalue weighted by molar-refractivity contribution is -0.119. The molecule has 2 aromatic rings. The summed E-state index contributed by atoms with van der Waals surface area (Å²) in [4.78, 5) is 22.6. The van der Waals surface area contributed by atoms with Crippen LogP contribution in [-0.2, 0) is 9.59 Å². The lowest BCUT2D eigenvalue weighted by Gasteiger charge is -2.08. The summed E-state index contributed by atoms with van der Waals surface area (Å²) in [5.74, 6) is 1.48. The van der Waals surface area contributed by atoms with Gasteiger partial charge in [-0.1, -0.05) is 24.6 Å². The molecule has 0 aliphatic heterocycles. The second-order valence-electron chi connectivity index (χ2n) is 5.78. The zero-order valence-corrected chi connectivity index (χ0v) is 14.5. The predicted octanol–water partition coefficient (Wildman–Crippen LogP) is 4.11. The van der Waals surface area contributed by atoms with Gasteiger partial charge >= 0.3 is 0 Å². The van der Waals surface area contributed by atoms with Crippen LogP contribution >= 0.6 is 0 Å². The number of carbonyl (C=O) groups is 2. The number of unbranched alkanes of at least 4 members (excludes halogenated alkanes) is 2. The molecule has 0 aromatic heterocycles. The number of hydrogen-bond acceptors (Lipinski definition) is 3. The average molecular weight is 340 g/mol. The van der Waals surface area contributed by atoms with E-state index in [1.165, 1.54) is 6.92 Å². The van der Waals surface area contributed by atoms with Crippen LogP contribution in [-0.4, -0.2) is 18.4 Å². The Hall–Kier alpha value is -2.82. The van der Waals surface area contributed by atoms with Crippen LogP contribution in [0.2, 0.25) is 0 Å². The van der Waals surface area contributed by atoms with E-state index in [-0.39, 0.29) is 11.8 Å². The fourth-order valence-corrected chi connectivity index (χ4v) is 2.31. The van der Waals surface area contributed by atoms with E-state index in [0.717, 1.165) is 36.4 Å². The maximum Gasteiger partial charge on any atom is 0.224 e. The molecule has 0 saturated carbocycles. The largest absolute Gasteiger partial charge is 0.457 e. The van der Waals surface area contributed by atoms with E-state index >= 15 is 0 Å². The minimum absolute atomic E-state index is 0.00347. The van der Waals surface area contributed by atoms with Gasteiger partial charge in [0.05, 0.1) is 0 Å². The monoisotopic (exact) mass is 340 g/mol. The van der Waals surface area contributed by atoms with E-state index in [4.69, 9.17) is 4.74 Å². The van der Waals surface area contributed by atoms with Crippen LogP contribution < -0.4 is 15.4 Å². The standard InChI is InChI=1S/C20H24N2O3/c1-16(23)21-15-7-3-6-10-20(24)22-17-11-13-19(14-12-17)25-18-8-4-2-5-9-18/h2,4-5,8-9,11-14H,3,6-7,10,15H2,1H3,(H,21,23)(H,22,24). The molecule has 0 heterocycles.